The van der Waals surface area contributed by atoms with Crippen molar-refractivity contribution in [3.63, 3.8) is 0 Å². The van der Waals surface area contributed by atoms with Crippen molar-refractivity contribution in [2.45, 2.75) is 32.2 Å². The normalized spacial score (nSPS) is 21.5. The fourth-order valence-corrected chi connectivity index (χ4v) is 1.48. The number of hydrogen-bond acceptors (Lipinski definition) is 2. The second-order valence-corrected chi connectivity index (χ2v) is 3.40. The van der Waals surface area contributed by atoms with Crippen LogP contribution in [0, 0.1) is 0 Å². The van der Waals surface area contributed by atoms with E-state index < -0.39 is 0 Å². The van der Waals surface area contributed by atoms with E-state index in [4.69, 9.17) is 0 Å². The number of hydrogen-bond donors (Lipinski definition) is 2. The summed E-state index contributed by atoms with van der Waals surface area (Å²) < 4.78 is 0. The van der Waals surface area contributed by atoms with Crippen LogP contribution in [0.1, 0.15) is 26.2 Å². The molecule has 3 heteroatoms. The second-order valence-electron chi connectivity index (χ2n) is 3.40. The van der Waals surface area contributed by atoms with E-state index in [0.29, 0.717) is 6.04 Å². The Hall–Kier alpha value is -0.830. The zero-order chi connectivity index (χ0) is 9.52. The molecule has 0 saturated heterocycles. The maximum Gasteiger partial charge on any atom is 0.216 e. The zero-order valence-corrected chi connectivity index (χ0v) is 8.18. The van der Waals surface area contributed by atoms with E-state index in [1.54, 1.807) is 6.92 Å². The van der Waals surface area contributed by atoms with Crippen LogP contribution in [0.3, 0.4) is 0 Å². The summed E-state index contributed by atoms with van der Waals surface area (Å²) in [6.07, 6.45) is 8.14. The smallest absolute Gasteiger partial charge is 0.216 e. The fourth-order valence-electron chi connectivity index (χ4n) is 1.48. The standard InChI is InChI=1S/C10H18N2O/c1-9(13)11-7-8-12-10-5-3-2-4-6-10/h3,5,10,12H,2,4,6-8H2,1H3,(H,11,13). The zero-order valence-electron chi connectivity index (χ0n) is 8.18. The first-order valence-electron chi connectivity index (χ1n) is 4.93. The summed E-state index contributed by atoms with van der Waals surface area (Å²) in [5, 5.41) is 6.13. The average Bonchev–Trinajstić information content (AvgIpc) is 2.14. The van der Waals surface area contributed by atoms with Crippen LogP contribution in [-0.2, 0) is 4.79 Å². The third-order valence-electron chi connectivity index (χ3n) is 2.16. The molecule has 0 aromatic rings. The molecule has 1 aliphatic carbocycles. The fraction of sp³-hybridized carbons (Fsp3) is 0.700. The van der Waals surface area contributed by atoms with Crippen LogP contribution in [0.25, 0.3) is 0 Å². The van der Waals surface area contributed by atoms with Gasteiger partial charge in [-0.25, -0.2) is 0 Å². The number of nitrogens with one attached hydrogen (secondary N) is 2. The Bertz CT molecular complexity index is 189. The minimum absolute atomic E-state index is 0.0426. The van der Waals surface area contributed by atoms with E-state index in [1.807, 2.05) is 0 Å². The van der Waals surface area contributed by atoms with Crippen molar-refractivity contribution in [2.75, 3.05) is 13.1 Å². The quantitative estimate of drug-likeness (QED) is 0.499. The van der Waals surface area contributed by atoms with Gasteiger partial charge in [0.2, 0.25) is 5.91 Å². The van der Waals surface area contributed by atoms with E-state index in [1.165, 1.54) is 19.3 Å². The summed E-state index contributed by atoms with van der Waals surface area (Å²) in [5.74, 6) is 0.0426. The molecule has 2 N–H and O–H groups in total. The number of carbonyl (C=O) groups excluding carboxylic acids is 1. The van der Waals surface area contributed by atoms with Crippen LogP contribution in [0.15, 0.2) is 12.2 Å². The van der Waals surface area contributed by atoms with Gasteiger partial charge in [0.25, 0.3) is 0 Å². The molecule has 13 heavy (non-hydrogen) atoms. The van der Waals surface area contributed by atoms with Crippen molar-refractivity contribution in [3.8, 4) is 0 Å². The molecular formula is C10H18N2O. The van der Waals surface area contributed by atoms with Crippen molar-refractivity contribution < 1.29 is 4.79 Å². The highest BCUT2D eigenvalue weighted by atomic mass is 16.1. The molecule has 0 radical (unpaired) electrons. The van der Waals surface area contributed by atoms with Gasteiger partial charge in [-0.2, -0.15) is 0 Å². The monoisotopic (exact) mass is 182 g/mol. The highest BCUT2D eigenvalue weighted by Crippen LogP contribution is 2.09. The Kier molecular flexibility index (Phi) is 4.54. The van der Waals surface area contributed by atoms with Gasteiger partial charge >= 0.3 is 0 Å². The van der Waals surface area contributed by atoms with Gasteiger partial charge in [-0.3, -0.25) is 4.79 Å². The minimum atomic E-state index is 0.0426. The molecule has 1 amide bonds. The molecule has 1 aliphatic rings. The Labute approximate surface area is 79.6 Å². The highest BCUT2D eigenvalue weighted by Gasteiger charge is 2.05. The molecule has 1 atom stereocenters. The molecule has 0 aromatic heterocycles. The Morgan fingerprint density at radius 2 is 2.38 bits per heavy atom. The third kappa shape index (κ3) is 4.68. The lowest BCUT2D eigenvalue weighted by molar-refractivity contribution is -0.118. The molecule has 0 aliphatic heterocycles. The maximum absolute atomic E-state index is 10.5. The largest absolute Gasteiger partial charge is 0.355 e. The van der Waals surface area contributed by atoms with Gasteiger partial charge in [-0.1, -0.05) is 12.2 Å². The first kappa shape index (κ1) is 10.3. The van der Waals surface area contributed by atoms with Gasteiger partial charge in [0.05, 0.1) is 0 Å². The minimum Gasteiger partial charge on any atom is -0.355 e. The summed E-state index contributed by atoms with van der Waals surface area (Å²) in [5.41, 5.74) is 0. The molecule has 1 rings (SSSR count). The van der Waals surface area contributed by atoms with Gasteiger partial charge < -0.3 is 10.6 Å². The number of rotatable bonds is 4. The van der Waals surface area contributed by atoms with Crippen LogP contribution in [0.5, 0.6) is 0 Å². The van der Waals surface area contributed by atoms with Crippen molar-refractivity contribution in [3.05, 3.63) is 12.2 Å². The van der Waals surface area contributed by atoms with Crippen LogP contribution in [-0.4, -0.2) is 25.0 Å². The number of allylic oxidation sites excluding steroid dienone is 1. The predicted octanol–water partition coefficient (Wildman–Crippen LogP) is 0.821. The van der Waals surface area contributed by atoms with Gasteiger partial charge in [0.1, 0.15) is 0 Å². The highest BCUT2D eigenvalue weighted by molar-refractivity contribution is 5.72. The number of amides is 1. The lowest BCUT2D eigenvalue weighted by atomic mass is 10.0. The first-order valence-corrected chi connectivity index (χ1v) is 4.93. The molecule has 0 spiro atoms. The Morgan fingerprint density at radius 3 is 3.00 bits per heavy atom. The topological polar surface area (TPSA) is 41.1 Å². The first-order chi connectivity index (χ1) is 6.29. The van der Waals surface area contributed by atoms with Crippen molar-refractivity contribution >= 4 is 5.91 Å². The van der Waals surface area contributed by atoms with Crippen molar-refractivity contribution in [1.82, 2.24) is 10.6 Å². The molecule has 0 bridgehead atoms. The van der Waals surface area contributed by atoms with Crippen LogP contribution >= 0.6 is 0 Å². The van der Waals surface area contributed by atoms with Gasteiger partial charge in [-0.05, 0) is 19.3 Å². The van der Waals surface area contributed by atoms with Gasteiger partial charge in [0.15, 0.2) is 0 Å². The maximum atomic E-state index is 10.5. The molecule has 3 nitrogen and oxygen atoms in total. The summed E-state index contributed by atoms with van der Waals surface area (Å²) in [4.78, 5) is 10.5. The molecule has 0 aromatic carbocycles. The van der Waals surface area contributed by atoms with E-state index in [9.17, 15) is 4.79 Å². The van der Waals surface area contributed by atoms with Crippen LogP contribution < -0.4 is 10.6 Å². The molecule has 0 saturated carbocycles. The van der Waals surface area contributed by atoms with E-state index in [-0.39, 0.29) is 5.91 Å². The molecule has 1 unspecified atom stereocenters. The van der Waals surface area contributed by atoms with E-state index in [2.05, 4.69) is 22.8 Å². The predicted molar refractivity (Wildman–Crippen MR) is 53.5 cm³/mol. The lowest BCUT2D eigenvalue weighted by Crippen LogP contribution is -2.36. The third-order valence-corrected chi connectivity index (χ3v) is 2.16. The summed E-state index contributed by atoms with van der Waals surface area (Å²) in [6.45, 7) is 3.12. The lowest BCUT2D eigenvalue weighted by Gasteiger charge is -2.17. The second kappa shape index (κ2) is 5.75. The van der Waals surface area contributed by atoms with Crippen LogP contribution in [0.2, 0.25) is 0 Å². The molecule has 74 valence electrons. The SMILES string of the molecule is CC(=O)NCCNC1C=CCCC1. The summed E-state index contributed by atoms with van der Waals surface area (Å²) >= 11 is 0. The summed E-state index contributed by atoms with van der Waals surface area (Å²) in [7, 11) is 0. The Balaban J connectivity index is 2.01. The molecule has 0 fully saturated rings. The van der Waals surface area contributed by atoms with E-state index >= 15 is 0 Å². The van der Waals surface area contributed by atoms with E-state index in [0.717, 1.165) is 13.1 Å². The molecule has 0 heterocycles. The van der Waals surface area contributed by atoms with Gasteiger partial charge in [-0.15, -0.1) is 0 Å². The van der Waals surface area contributed by atoms with Gasteiger partial charge in [0, 0.05) is 26.1 Å². The summed E-state index contributed by atoms with van der Waals surface area (Å²) in [6, 6.07) is 0.516. The van der Waals surface area contributed by atoms with Crippen molar-refractivity contribution in [1.29, 1.82) is 0 Å². The average molecular weight is 182 g/mol. The van der Waals surface area contributed by atoms with Crippen LogP contribution in [0.4, 0.5) is 0 Å². The molecular weight excluding hydrogens is 164 g/mol. The number of carbonyl (C=O) groups is 1. The van der Waals surface area contributed by atoms with Crippen molar-refractivity contribution in [2.24, 2.45) is 0 Å². The Morgan fingerprint density at radius 1 is 1.54 bits per heavy atom.